The number of hydrogen-bond donors (Lipinski definition) is 1. The summed E-state index contributed by atoms with van der Waals surface area (Å²) in [6, 6.07) is 4.94. The van der Waals surface area contributed by atoms with Crippen LogP contribution in [-0.4, -0.2) is 37.5 Å². The highest BCUT2D eigenvalue weighted by molar-refractivity contribution is 9.10. The van der Waals surface area contributed by atoms with Crippen molar-refractivity contribution in [2.24, 2.45) is 5.73 Å². The zero-order valence-corrected chi connectivity index (χ0v) is 14.6. The Morgan fingerprint density at radius 2 is 1.81 bits per heavy atom. The van der Waals surface area contributed by atoms with Crippen LogP contribution in [0.4, 0.5) is 4.79 Å². The number of carbonyl (C=O) groups excluding carboxylic acids is 1. The van der Waals surface area contributed by atoms with Gasteiger partial charge in [0.1, 0.15) is 0 Å². The maximum absolute atomic E-state index is 12.4. The Labute approximate surface area is 133 Å². The molecule has 0 unspecified atom stereocenters. The summed E-state index contributed by atoms with van der Waals surface area (Å²) in [5.41, 5.74) is 4.76. The third-order valence-electron chi connectivity index (χ3n) is 2.48. The molecule has 0 aromatic heterocycles. The van der Waals surface area contributed by atoms with Gasteiger partial charge in [-0.2, -0.15) is 0 Å². The molecule has 1 rings (SSSR count). The highest BCUT2D eigenvalue weighted by Crippen LogP contribution is 2.19. The molecule has 0 aliphatic carbocycles. The van der Waals surface area contributed by atoms with E-state index in [1.54, 1.807) is 12.1 Å². The minimum Gasteiger partial charge on any atom is -0.374 e. The first-order valence-electron chi connectivity index (χ1n) is 6.26. The van der Waals surface area contributed by atoms with Crippen LogP contribution in [0.2, 0.25) is 0 Å². The molecule has 1 aromatic rings. The second kappa shape index (κ2) is 6.76. The summed E-state index contributed by atoms with van der Waals surface area (Å²) >= 11 is 3.22. The number of benzene rings is 1. The molecule has 0 saturated heterocycles. The van der Waals surface area contributed by atoms with E-state index in [4.69, 9.17) is 10.5 Å². The lowest BCUT2D eigenvalue weighted by molar-refractivity contribution is -0.00452. The summed E-state index contributed by atoms with van der Waals surface area (Å²) in [5, 5.41) is 0. The molecule has 0 spiro atoms. The van der Waals surface area contributed by atoms with Gasteiger partial charge in [0.25, 0.3) is 10.0 Å². The van der Waals surface area contributed by atoms with Gasteiger partial charge in [-0.05, 0) is 45.0 Å². The fraction of sp³-hybridized carbons (Fsp3) is 0.462. The SMILES string of the molecule is CC(C)(C)OCCN(C(N)=O)S(=O)(=O)c1ccc(Br)cc1. The van der Waals surface area contributed by atoms with Crippen LogP contribution in [0.3, 0.4) is 0 Å². The van der Waals surface area contributed by atoms with Gasteiger partial charge in [0.2, 0.25) is 0 Å². The molecule has 0 heterocycles. The smallest absolute Gasteiger partial charge is 0.328 e. The topological polar surface area (TPSA) is 89.7 Å². The molecule has 0 saturated carbocycles. The third kappa shape index (κ3) is 5.29. The Morgan fingerprint density at radius 3 is 2.24 bits per heavy atom. The number of halogens is 1. The molecule has 0 radical (unpaired) electrons. The summed E-state index contributed by atoms with van der Waals surface area (Å²) < 4.78 is 31.6. The molecule has 1 aromatic carbocycles. The van der Waals surface area contributed by atoms with Crippen molar-refractivity contribution in [3.8, 4) is 0 Å². The highest BCUT2D eigenvalue weighted by atomic mass is 79.9. The van der Waals surface area contributed by atoms with Gasteiger partial charge in [-0.15, -0.1) is 0 Å². The molecule has 6 nitrogen and oxygen atoms in total. The number of urea groups is 1. The normalized spacial score (nSPS) is 12.2. The molecule has 2 N–H and O–H groups in total. The molecule has 0 aliphatic heterocycles. The summed E-state index contributed by atoms with van der Waals surface area (Å²) in [7, 11) is -3.98. The summed E-state index contributed by atoms with van der Waals surface area (Å²) in [4.78, 5) is 11.4. The maximum atomic E-state index is 12.4. The molecule has 118 valence electrons. The van der Waals surface area contributed by atoms with Crippen molar-refractivity contribution in [1.82, 2.24) is 4.31 Å². The van der Waals surface area contributed by atoms with Crippen molar-refractivity contribution >= 4 is 32.0 Å². The van der Waals surface area contributed by atoms with Crippen LogP contribution in [0, 0.1) is 0 Å². The lowest BCUT2D eigenvalue weighted by Crippen LogP contribution is -2.43. The predicted molar refractivity (Wildman–Crippen MR) is 83.3 cm³/mol. The summed E-state index contributed by atoms with van der Waals surface area (Å²) in [5.74, 6) is 0. The monoisotopic (exact) mass is 378 g/mol. The number of sulfonamides is 1. The van der Waals surface area contributed by atoms with E-state index in [-0.39, 0.29) is 18.0 Å². The number of nitrogens with zero attached hydrogens (tertiary/aromatic N) is 1. The molecule has 8 heteroatoms. The average molecular weight is 379 g/mol. The van der Waals surface area contributed by atoms with E-state index in [0.29, 0.717) is 4.31 Å². The van der Waals surface area contributed by atoms with E-state index in [9.17, 15) is 13.2 Å². The van der Waals surface area contributed by atoms with E-state index in [1.165, 1.54) is 12.1 Å². The zero-order chi connectivity index (χ0) is 16.3. The first-order valence-corrected chi connectivity index (χ1v) is 8.49. The van der Waals surface area contributed by atoms with Crippen LogP contribution >= 0.6 is 15.9 Å². The number of amides is 2. The predicted octanol–water partition coefficient (Wildman–Crippen LogP) is 2.33. The molecule has 2 amide bonds. The van der Waals surface area contributed by atoms with Gasteiger partial charge in [0.05, 0.1) is 23.6 Å². The Kier molecular flexibility index (Phi) is 5.77. The fourth-order valence-electron chi connectivity index (χ4n) is 1.52. The van der Waals surface area contributed by atoms with Crippen molar-refractivity contribution < 1.29 is 17.9 Å². The van der Waals surface area contributed by atoms with Gasteiger partial charge >= 0.3 is 6.03 Å². The van der Waals surface area contributed by atoms with Crippen molar-refractivity contribution in [3.05, 3.63) is 28.7 Å². The maximum Gasteiger partial charge on any atom is 0.328 e. The Balaban J connectivity index is 2.94. The molecule has 0 bridgehead atoms. The average Bonchev–Trinajstić information content (AvgIpc) is 2.33. The van der Waals surface area contributed by atoms with Crippen molar-refractivity contribution in [1.29, 1.82) is 0 Å². The van der Waals surface area contributed by atoms with E-state index in [0.717, 1.165) is 4.47 Å². The highest BCUT2D eigenvalue weighted by Gasteiger charge is 2.27. The number of primary amides is 1. The Hall–Kier alpha value is -1.12. The lowest BCUT2D eigenvalue weighted by Gasteiger charge is -2.24. The summed E-state index contributed by atoms with van der Waals surface area (Å²) in [6.45, 7) is 5.45. The lowest BCUT2D eigenvalue weighted by atomic mass is 10.2. The minimum absolute atomic E-state index is 0.000240. The molecule has 21 heavy (non-hydrogen) atoms. The first kappa shape index (κ1) is 17.9. The van der Waals surface area contributed by atoms with E-state index in [1.807, 2.05) is 20.8 Å². The van der Waals surface area contributed by atoms with Crippen LogP contribution in [-0.2, 0) is 14.8 Å². The molecular weight excluding hydrogens is 360 g/mol. The van der Waals surface area contributed by atoms with Crippen molar-refractivity contribution in [2.45, 2.75) is 31.3 Å². The van der Waals surface area contributed by atoms with Crippen LogP contribution in [0.15, 0.2) is 33.6 Å². The minimum atomic E-state index is -3.98. The number of carbonyl (C=O) groups is 1. The standard InChI is InChI=1S/C13H19BrN2O4S/c1-13(2,3)20-9-8-16(12(15)17)21(18,19)11-6-4-10(14)5-7-11/h4-7H,8-9H2,1-3H3,(H2,15,17). The van der Waals surface area contributed by atoms with Gasteiger partial charge in [0.15, 0.2) is 0 Å². The second-order valence-electron chi connectivity index (χ2n) is 5.33. The quantitative estimate of drug-likeness (QED) is 0.850. The van der Waals surface area contributed by atoms with Crippen molar-refractivity contribution in [2.75, 3.05) is 13.2 Å². The van der Waals surface area contributed by atoms with E-state index in [2.05, 4.69) is 15.9 Å². The van der Waals surface area contributed by atoms with Gasteiger partial charge < -0.3 is 10.5 Å². The molecule has 0 atom stereocenters. The van der Waals surface area contributed by atoms with Gasteiger partial charge in [0, 0.05) is 4.47 Å². The Bertz CT molecular complexity index is 594. The molecule has 0 aliphatic rings. The van der Waals surface area contributed by atoms with Gasteiger partial charge in [-0.25, -0.2) is 17.5 Å². The Morgan fingerprint density at radius 1 is 1.29 bits per heavy atom. The second-order valence-corrected chi connectivity index (χ2v) is 8.11. The number of hydrogen-bond acceptors (Lipinski definition) is 4. The number of ether oxygens (including phenoxy) is 1. The molecule has 0 fully saturated rings. The van der Waals surface area contributed by atoms with Crippen molar-refractivity contribution in [3.63, 3.8) is 0 Å². The number of nitrogens with two attached hydrogens (primary N) is 1. The fourth-order valence-corrected chi connectivity index (χ4v) is 3.07. The first-order chi connectivity index (χ1) is 9.54. The number of rotatable bonds is 5. The van der Waals surface area contributed by atoms with Gasteiger partial charge in [-0.3, -0.25) is 0 Å². The van der Waals surface area contributed by atoms with Crippen LogP contribution in [0.1, 0.15) is 20.8 Å². The van der Waals surface area contributed by atoms with Gasteiger partial charge in [-0.1, -0.05) is 15.9 Å². The third-order valence-corrected chi connectivity index (χ3v) is 4.82. The zero-order valence-electron chi connectivity index (χ0n) is 12.2. The van der Waals surface area contributed by atoms with Crippen LogP contribution < -0.4 is 5.73 Å². The van der Waals surface area contributed by atoms with Crippen LogP contribution in [0.5, 0.6) is 0 Å². The molecular formula is C13H19BrN2O4S. The van der Waals surface area contributed by atoms with E-state index >= 15 is 0 Å². The summed E-state index contributed by atoms with van der Waals surface area (Å²) in [6.07, 6.45) is 0. The largest absolute Gasteiger partial charge is 0.374 e. The van der Waals surface area contributed by atoms with Crippen LogP contribution in [0.25, 0.3) is 0 Å². The van der Waals surface area contributed by atoms with E-state index < -0.39 is 21.7 Å².